The van der Waals surface area contributed by atoms with Gasteiger partial charge in [0.2, 0.25) is 0 Å². The summed E-state index contributed by atoms with van der Waals surface area (Å²) in [6.45, 7) is 2.15. The molecule has 0 spiro atoms. The van der Waals surface area contributed by atoms with Crippen LogP contribution in [-0.2, 0) is 4.79 Å². The predicted molar refractivity (Wildman–Crippen MR) is 94.5 cm³/mol. The average Bonchev–Trinajstić information content (AvgIpc) is 2.62. The van der Waals surface area contributed by atoms with Crippen molar-refractivity contribution in [2.24, 2.45) is 0 Å². The van der Waals surface area contributed by atoms with E-state index in [1.165, 1.54) is 31.0 Å². The van der Waals surface area contributed by atoms with Gasteiger partial charge in [-0.2, -0.15) is 0 Å². The molecule has 0 bridgehead atoms. The first kappa shape index (κ1) is 16.0. The second kappa shape index (κ2) is 7.59. The van der Waals surface area contributed by atoms with Crippen LogP contribution in [0.4, 0.5) is 17.2 Å². The maximum absolute atomic E-state index is 10.5. The summed E-state index contributed by atoms with van der Waals surface area (Å²) in [5, 5.41) is 11.9. The van der Waals surface area contributed by atoms with Gasteiger partial charge in [0.25, 0.3) is 0 Å². The zero-order chi connectivity index (χ0) is 16.8. The van der Waals surface area contributed by atoms with E-state index < -0.39 is 5.97 Å². The lowest BCUT2D eigenvalue weighted by Crippen LogP contribution is -2.29. The topological polar surface area (TPSA) is 78.3 Å². The van der Waals surface area contributed by atoms with Crippen molar-refractivity contribution in [3.8, 4) is 0 Å². The summed E-state index contributed by atoms with van der Waals surface area (Å²) < 4.78 is 0. The summed E-state index contributed by atoms with van der Waals surface area (Å²) in [5.41, 5.74) is 2.68. The number of para-hydroxylation sites is 2. The normalized spacial score (nSPS) is 14.8. The number of aliphatic carboxylic acids is 1. The minimum absolute atomic E-state index is 0.507. The Kier molecular flexibility index (Phi) is 5.05. The largest absolute Gasteiger partial charge is 0.478 e. The molecule has 0 atom stereocenters. The summed E-state index contributed by atoms with van der Waals surface area (Å²) in [6.07, 6.45) is 9.35. The van der Waals surface area contributed by atoms with Crippen LogP contribution < -0.4 is 10.2 Å². The second-order valence-electron chi connectivity index (χ2n) is 5.69. The first-order valence-electron chi connectivity index (χ1n) is 8.06. The summed E-state index contributed by atoms with van der Waals surface area (Å²) in [5.74, 6) is -0.374. The van der Waals surface area contributed by atoms with E-state index in [4.69, 9.17) is 5.11 Å². The fourth-order valence-corrected chi connectivity index (χ4v) is 2.77. The number of rotatable bonds is 5. The molecule has 2 heterocycles. The van der Waals surface area contributed by atoms with E-state index in [2.05, 4.69) is 26.3 Å². The molecule has 1 fully saturated rings. The maximum Gasteiger partial charge on any atom is 0.328 e. The highest BCUT2D eigenvalue weighted by molar-refractivity contribution is 5.84. The van der Waals surface area contributed by atoms with Crippen LogP contribution in [0, 0.1) is 0 Å². The second-order valence-corrected chi connectivity index (χ2v) is 5.69. The lowest BCUT2D eigenvalue weighted by Gasteiger charge is -2.30. The number of benzene rings is 1. The molecule has 1 aromatic carbocycles. The molecule has 1 saturated heterocycles. The third-order valence-electron chi connectivity index (χ3n) is 3.93. The molecule has 24 heavy (non-hydrogen) atoms. The standard InChI is InChI=1S/C18H20N4O2/c23-18(24)9-8-14-12-20-17(13-19-14)21-15-6-2-3-7-16(15)22-10-4-1-5-11-22/h2-3,6-9,12-13H,1,4-5,10-11H2,(H,20,21)(H,23,24)/b9-8+. The summed E-state index contributed by atoms with van der Waals surface area (Å²) in [6, 6.07) is 8.18. The lowest BCUT2D eigenvalue weighted by molar-refractivity contribution is -0.131. The molecule has 1 aliphatic heterocycles. The van der Waals surface area contributed by atoms with Crippen LogP contribution >= 0.6 is 0 Å². The Morgan fingerprint density at radius 1 is 1.12 bits per heavy atom. The number of nitrogens with one attached hydrogen (secondary N) is 1. The van der Waals surface area contributed by atoms with Crippen LogP contribution in [0.15, 0.2) is 42.7 Å². The number of anilines is 3. The van der Waals surface area contributed by atoms with Gasteiger partial charge < -0.3 is 15.3 Å². The van der Waals surface area contributed by atoms with Crippen LogP contribution in [-0.4, -0.2) is 34.1 Å². The quantitative estimate of drug-likeness (QED) is 0.822. The number of aromatic nitrogens is 2. The lowest BCUT2D eigenvalue weighted by atomic mass is 10.1. The third kappa shape index (κ3) is 4.10. The van der Waals surface area contributed by atoms with Crippen molar-refractivity contribution in [1.82, 2.24) is 9.97 Å². The Labute approximate surface area is 140 Å². The number of nitrogens with zero attached hydrogens (tertiary/aromatic N) is 3. The minimum Gasteiger partial charge on any atom is -0.478 e. The number of carboxylic acid groups (broad SMARTS) is 1. The van der Waals surface area contributed by atoms with Crippen molar-refractivity contribution in [2.75, 3.05) is 23.3 Å². The van der Waals surface area contributed by atoms with Crippen LogP contribution in [0.1, 0.15) is 25.0 Å². The van der Waals surface area contributed by atoms with Gasteiger partial charge in [0.1, 0.15) is 5.82 Å². The molecule has 0 saturated carbocycles. The molecule has 0 unspecified atom stereocenters. The number of hydrogen-bond donors (Lipinski definition) is 2. The van der Waals surface area contributed by atoms with Crippen LogP contribution in [0.5, 0.6) is 0 Å². The van der Waals surface area contributed by atoms with E-state index in [-0.39, 0.29) is 0 Å². The van der Waals surface area contributed by atoms with Gasteiger partial charge in [-0.25, -0.2) is 9.78 Å². The molecule has 1 aliphatic rings. The Balaban J connectivity index is 1.75. The van der Waals surface area contributed by atoms with Gasteiger partial charge >= 0.3 is 5.97 Å². The number of piperidine rings is 1. The molecule has 0 amide bonds. The van der Waals surface area contributed by atoms with E-state index in [1.54, 1.807) is 12.4 Å². The third-order valence-corrected chi connectivity index (χ3v) is 3.93. The van der Waals surface area contributed by atoms with Crippen molar-refractivity contribution in [3.63, 3.8) is 0 Å². The molecule has 0 radical (unpaired) electrons. The molecule has 124 valence electrons. The van der Waals surface area contributed by atoms with E-state index in [9.17, 15) is 4.79 Å². The number of carboxylic acids is 1. The molecule has 0 aliphatic carbocycles. The van der Waals surface area contributed by atoms with Crippen molar-refractivity contribution < 1.29 is 9.90 Å². The Bertz CT molecular complexity index is 722. The Morgan fingerprint density at radius 3 is 2.62 bits per heavy atom. The van der Waals surface area contributed by atoms with Crippen molar-refractivity contribution in [2.45, 2.75) is 19.3 Å². The highest BCUT2D eigenvalue weighted by Crippen LogP contribution is 2.29. The van der Waals surface area contributed by atoms with Gasteiger partial charge in [-0.15, -0.1) is 0 Å². The first-order valence-corrected chi connectivity index (χ1v) is 8.06. The summed E-state index contributed by atoms with van der Waals surface area (Å²) >= 11 is 0. The number of hydrogen-bond acceptors (Lipinski definition) is 5. The molecule has 2 N–H and O–H groups in total. The summed E-state index contributed by atoms with van der Waals surface area (Å²) in [4.78, 5) is 21.4. The molecule has 6 nitrogen and oxygen atoms in total. The molecular weight excluding hydrogens is 304 g/mol. The van der Waals surface area contributed by atoms with Gasteiger partial charge in [-0.05, 0) is 37.5 Å². The maximum atomic E-state index is 10.5. The van der Waals surface area contributed by atoms with E-state index in [1.807, 2.05) is 18.2 Å². The minimum atomic E-state index is -1.01. The number of carbonyl (C=O) groups is 1. The van der Waals surface area contributed by atoms with Gasteiger partial charge in [0.05, 0.1) is 29.5 Å². The first-order chi connectivity index (χ1) is 11.7. The zero-order valence-corrected chi connectivity index (χ0v) is 13.4. The molecule has 2 aromatic rings. The average molecular weight is 324 g/mol. The molecule has 1 aromatic heterocycles. The van der Waals surface area contributed by atoms with Gasteiger partial charge in [0.15, 0.2) is 0 Å². The van der Waals surface area contributed by atoms with Gasteiger partial charge in [-0.1, -0.05) is 12.1 Å². The molecule has 3 rings (SSSR count). The van der Waals surface area contributed by atoms with Crippen LogP contribution in [0.2, 0.25) is 0 Å². The fraction of sp³-hybridized carbons (Fsp3) is 0.278. The summed E-state index contributed by atoms with van der Waals surface area (Å²) in [7, 11) is 0. The van der Waals surface area contributed by atoms with Crippen molar-refractivity contribution in [1.29, 1.82) is 0 Å². The van der Waals surface area contributed by atoms with Crippen LogP contribution in [0.3, 0.4) is 0 Å². The van der Waals surface area contributed by atoms with E-state index in [0.29, 0.717) is 11.5 Å². The van der Waals surface area contributed by atoms with Crippen molar-refractivity contribution in [3.05, 3.63) is 48.4 Å². The smallest absolute Gasteiger partial charge is 0.328 e. The predicted octanol–water partition coefficient (Wildman–Crippen LogP) is 3.31. The zero-order valence-electron chi connectivity index (χ0n) is 13.4. The van der Waals surface area contributed by atoms with Crippen molar-refractivity contribution >= 4 is 29.2 Å². The Morgan fingerprint density at radius 2 is 1.92 bits per heavy atom. The Hall–Kier alpha value is -2.89. The van der Waals surface area contributed by atoms with E-state index >= 15 is 0 Å². The monoisotopic (exact) mass is 324 g/mol. The highest BCUT2D eigenvalue weighted by Gasteiger charge is 2.14. The molecular formula is C18H20N4O2. The SMILES string of the molecule is O=C(O)/C=C/c1cnc(Nc2ccccc2N2CCCCC2)cn1. The van der Waals surface area contributed by atoms with Gasteiger partial charge in [-0.3, -0.25) is 4.98 Å². The fourth-order valence-electron chi connectivity index (χ4n) is 2.77. The van der Waals surface area contributed by atoms with Crippen LogP contribution in [0.25, 0.3) is 6.08 Å². The molecule has 6 heteroatoms. The van der Waals surface area contributed by atoms with E-state index in [0.717, 1.165) is 24.9 Å². The van der Waals surface area contributed by atoms with Gasteiger partial charge in [0, 0.05) is 19.2 Å². The highest BCUT2D eigenvalue weighted by atomic mass is 16.4.